The predicted octanol–water partition coefficient (Wildman–Crippen LogP) is 4.01. The Labute approximate surface area is 109 Å². The van der Waals surface area contributed by atoms with Crippen LogP contribution in [0.5, 0.6) is 5.75 Å². The van der Waals surface area contributed by atoms with Crippen molar-refractivity contribution >= 4 is 5.78 Å². The van der Waals surface area contributed by atoms with Crippen LogP contribution in [0.1, 0.15) is 56.6 Å². The number of hydrogen-bond donors (Lipinski definition) is 0. The molecule has 2 nitrogen and oxygen atoms in total. The first-order valence-corrected chi connectivity index (χ1v) is 6.84. The van der Waals surface area contributed by atoms with E-state index in [4.69, 9.17) is 4.74 Å². The van der Waals surface area contributed by atoms with E-state index in [2.05, 4.69) is 39.0 Å². The Balaban J connectivity index is 2.10. The Morgan fingerprint density at radius 1 is 1.28 bits per heavy atom. The molecular weight excluding hydrogens is 224 g/mol. The van der Waals surface area contributed by atoms with Crippen LogP contribution in [0, 0.1) is 6.92 Å². The molecule has 0 N–H and O–H groups in total. The third-order valence-electron chi connectivity index (χ3n) is 3.48. The van der Waals surface area contributed by atoms with Gasteiger partial charge in [-0.15, -0.1) is 0 Å². The lowest BCUT2D eigenvalue weighted by Gasteiger charge is -2.23. The van der Waals surface area contributed by atoms with Gasteiger partial charge in [-0.05, 0) is 48.9 Å². The molecule has 0 spiro atoms. The first kappa shape index (κ1) is 13.1. The zero-order valence-electron chi connectivity index (χ0n) is 11.5. The quantitative estimate of drug-likeness (QED) is 0.805. The van der Waals surface area contributed by atoms with Crippen molar-refractivity contribution in [1.82, 2.24) is 0 Å². The molecule has 1 aliphatic rings. The fourth-order valence-electron chi connectivity index (χ4n) is 2.46. The highest BCUT2D eigenvalue weighted by atomic mass is 16.5. The number of benzene rings is 1. The van der Waals surface area contributed by atoms with Crippen molar-refractivity contribution in [3.8, 4) is 5.75 Å². The molecule has 18 heavy (non-hydrogen) atoms. The van der Waals surface area contributed by atoms with Crippen molar-refractivity contribution in [3.05, 3.63) is 29.3 Å². The van der Waals surface area contributed by atoms with E-state index in [1.807, 2.05) is 0 Å². The molecule has 1 saturated carbocycles. The Morgan fingerprint density at radius 3 is 2.72 bits per heavy atom. The van der Waals surface area contributed by atoms with Crippen LogP contribution < -0.4 is 4.74 Å². The largest absolute Gasteiger partial charge is 0.490 e. The summed E-state index contributed by atoms with van der Waals surface area (Å²) in [5, 5.41) is 0. The summed E-state index contributed by atoms with van der Waals surface area (Å²) in [5.74, 6) is 1.75. The Hall–Kier alpha value is -1.31. The molecule has 0 saturated heterocycles. The predicted molar refractivity (Wildman–Crippen MR) is 73.2 cm³/mol. The molecule has 0 radical (unpaired) electrons. The van der Waals surface area contributed by atoms with E-state index in [1.54, 1.807) is 0 Å². The Kier molecular flexibility index (Phi) is 4.05. The molecule has 0 heterocycles. The average Bonchev–Trinajstić information content (AvgIpc) is 2.28. The van der Waals surface area contributed by atoms with Crippen LogP contribution in [-0.2, 0) is 4.79 Å². The monoisotopic (exact) mass is 246 g/mol. The number of aryl methyl sites for hydroxylation is 1. The van der Waals surface area contributed by atoms with E-state index in [0.29, 0.717) is 18.1 Å². The fourth-order valence-corrected chi connectivity index (χ4v) is 2.46. The van der Waals surface area contributed by atoms with E-state index in [-0.39, 0.29) is 6.10 Å². The van der Waals surface area contributed by atoms with E-state index in [9.17, 15) is 4.79 Å². The fraction of sp³-hybridized carbons (Fsp3) is 0.562. The standard InChI is InChI=1S/C16H22O2/c1-11(2)13-7-12(3)8-16(9-13)18-15-6-4-5-14(17)10-15/h7-9,11,15H,4-6,10H2,1-3H3. The van der Waals surface area contributed by atoms with Gasteiger partial charge in [0.05, 0.1) is 0 Å². The van der Waals surface area contributed by atoms with Gasteiger partial charge in [0.2, 0.25) is 0 Å². The minimum atomic E-state index is 0.0769. The molecule has 1 aliphatic carbocycles. The number of carbonyl (C=O) groups is 1. The molecule has 1 atom stereocenters. The number of ketones is 1. The second-order valence-corrected chi connectivity index (χ2v) is 5.61. The van der Waals surface area contributed by atoms with Gasteiger partial charge < -0.3 is 4.74 Å². The molecule has 0 bridgehead atoms. The Bertz CT molecular complexity index is 435. The van der Waals surface area contributed by atoms with Gasteiger partial charge in [0.25, 0.3) is 0 Å². The molecule has 98 valence electrons. The van der Waals surface area contributed by atoms with Gasteiger partial charge in [-0.3, -0.25) is 4.79 Å². The number of carbonyl (C=O) groups excluding carboxylic acids is 1. The molecular formula is C16H22O2. The van der Waals surface area contributed by atoms with Crippen molar-refractivity contribution in [2.45, 2.75) is 58.5 Å². The van der Waals surface area contributed by atoms with Crippen LogP contribution in [0.25, 0.3) is 0 Å². The van der Waals surface area contributed by atoms with Gasteiger partial charge in [-0.1, -0.05) is 19.9 Å². The summed E-state index contributed by atoms with van der Waals surface area (Å²) in [4.78, 5) is 11.4. The van der Waals surface area contributed by atoms with Crippen LogP contribution in [0.4, 0.5) is 0 Å². The van der Waals surface area contributed by atoms with Crippen molar-refractivity contribution < 1.29 is 9.53 Å². The highest BCUT2D eigenvalue weighted by Gasteiger charge is 2.21. The van der Waals surface area contributed by atoms with Gasteiger partial charge in [-0.25, -0.2) is 0 Å². The third kappa shape index (κ3) is 3.34. The van der Waals surface area contributed by atoms with Gasteiger partial charge >= 0.3 is 0 Å². The average molecular weight is 246 g/mol. The molecule has 0 aliphatic heterocycles. The summed E-state index contributed by atoms with van der Waals surface area (Å²) in [7, 11) is 0. The van der Waals surface area contributed by atoms with Crippen LogP contribution in [0.15, 0.2) is 18.2 Å². The van der Waals surface area contributed by atoms with Crippen LogP contribution in [0.2, 0.25) is 0 Å². The molecule has 0 amide bonds. The molecule has 1 unspecified atom stereocenters. The summed E-state index contributed by atoms with van der Waals surface area (Å²) >= 11 is 0. The minimum Gasteiger partial charge on any atom is -0.490 e. The molecule has 0 aromatic heterocycles. The lowest BCUT2D eigenvalue weighted by atomic mass is 9.96. The second kappa shape index (κ2) is 5.55. The molecule has 1 aromatic rings. The van der Waals surface area contributed by atoms with Crippen molar-refractivity contribution in [1.29, 1.82) is 0 Å². The lowest BCUT2D eigenvalue weighted by molar-refractivity contribution is -0.122. The van der Waals surface area contributed by atoms with Crippen LogP contribution in [0.3, 0.4) is 0 Å². The highest BCUT2D eigenvalue weighted by molar-refractivity contribution is 5.79. The van der Waals surface area contributed by atoms with Crippen molar-refractivity contribution in [2.75, 3.05) is 0 Å². The second-order valence-electron chi connectivity index (χ2n) is 5.61. The summed E-state index contributed by atoms with van der Waals surface area (Å²) in [6.45, 7) is 6.45. The number of Topliss-reactive ketones (excluding diaryl/α,β-unsaturated/α-hetero) is 1. The van der Waals surface area contributed by atoms with Gasteiger partial charge in [0.15, 0.2) is 0 Å². The molecule has 2 rings (SSSR count). The first-order valence-electron chi connectivity index (χ1n) is 6.84. The van der Waals surface area contributed by atoms with Gasteiger partial charge in [0, 0.05) is 12.8 Å². The normalized spacial score (nSPS) is 20.2. The van der Waals surface area contributed by atoms with Crippen molar-refractivity contribution in [2.24, 2.45) is 0 Å². The number of ether oxygens (including phenoxy) is 1. The maximum atomic E-state index is 11.4. The topological polar surface area (TPSA) is 26.3 Å². The number of hydrogen-bond acceptors (Lipinski definition) is 2. The SMILES string of the molecule is Cc1cc(OC2CCCC(=O)C2)cc(C(C)C)c1. The number of rotatable bonds is 3. The summed E-state index contributed by atoms with van der Waals surface area (Å²) < 4.78 is 5.98. The van der Waals surface area contributed by atoms with Crippen LogP contribution >= 0.6 is 0 Å². The minimum absolute atomic E-state index is 0.0769. The van der Waals surface area contributed by atoms with Gasteiger partial charge in [0.1, 0.15) is 17.6 Å². The summed E-state index contributed by atoms with van der Waals surface area (Å²) in [6, 6.07) is 6.37. The maximum Gasteiger partial charge on any atom is 0.136 e. The molecule has 1 fully saturated rings. The zero-order valence-corrected chi connectivity index (χ0v) is 11.5. The smallest absolute Gasteiger partial charge is 0.136 e. The summed E-state index contributed by atoms with van der Waals surface area (Å²) in [6.07, 6.45) is 3.34. The highest BCUT2D eigenvalue weighted by Crippen LogP contribution is 2.26. The third-order valence-corrected chi connectivity index (χ3v) is 3.48. The van der Waals surface area contributed by atoms with E-state index >= 15 is 0 Å². The van der Waals surface area contributed by atoms with Crippen molar-refractivity contribution in [3.63, 3.8) is 0 Å². The van der Waals surface area contributed by atoms with E-state index in [1.165, 1.54) is 11.1 Å². The Morgan fingerprint density at radius 2 is 2.06 bits per heavy atom. The molecule has 2 heteroatoms. The lowest BCUT2D eigenvalue weighted by Crippen LogP contribution is -2.25. The summed E-state index contributed by atoms with van der Waals surface area (Å²) in [5.41, 5.74) is 2.52. The maximum absolute atomic E-state index is 11.4. The zero-order chi connectivity index (χ0) is 13.1. The van der Waals surface area contributed by atoms with Gasteiger partial charge in [-0.2, -0.15) is 0 Å². The molecule has 1 aromatic carbocycles. The van der Waals surface area contributed by atoms with E-state index in [0.717, 1.165) is 25.0 Å². The first-order chi connectivity index (χ1) is 8.54. The van der Waals surface area contributed by atoms with Crippen LogP contribution in [-0.4, -0.2) is 11.9 Å². The van der Waals surface area contributed by atoms with E-state index < -0.39 is 0 Å².